The normalized spacial score (nSPS) is 9.96. The molecule has 0 saturated carbocycles. The zero-order chi connectivity index (χ0) is 18.4. The molecule has 0 aliphatic rings. The van der Waals surface area contributed by atoms with Crippen LogP contribution >= 0.6 is 0 Å². The van der Waals surface area contributed by atoms with Crippen LogP contribution in [0, 0.1) is 11.3 Å². The quantitative estimate of drug-likeness (QED) is 0.674. The second-order valence-electron chi connectivity index (χ2n) is 5.19. The third-order valence-electron chi connectivity index (χ3n) is 3.31. The molecule has 0 bridgehead atoms. The molecule has 0 saturated heterocycles. The molecule has 0 aliphatic carbocycles. The molecular formula is C18H14N6O2. The molecule has 3 aromatic rings. The standard InChI is InChI=1S/C18H14N6O2/c19-10-12-6-8-13(9-7-12)16(25)26-11-15-22-17(20)24-18(23-15)21-14-4-2-1-3-5-14/h1-9H,11H2,(H3,20,21,22,23,24). The number of hydrogen-bond acceptors (Lipinski definition) is 8. The van der Waals surface area contributed by atoms with Crippen LogP contribution in [0.15, 0.2) is 54.6 Å². The van der Waals surface area contributed by atoms with Gasteiger partial charge in [-0.2, -0.15) is 20.2 Å². The molecule has 0 spiro atoms. The van der Waals surface area contributed by atoms with Crippen molar-refractivity contribution in [3.8, 4) is 6.07 Å². The summed E-state index contributed by atoms with van der Waals surface area (Å²) in [5, 5.41) is 11.8. The zero-order valence-electron chi connectivity index (χ0n) is 13.6. The van der Waals surface area contributed by atoms with Gasteiger partial charge in [-0.1, -0.05) is 18.2 Å². The van der Waals surface area contributed by atoms with Crippen molar-refractivity contribution < 1.29 is 9.53 Å². The third-order valence-corrected chi connectivity index (χ3v) is 3.31. The number of carbonyl (C=O) groups is 1. The number of carbonyl (C=O) groups excluding carboxylic acids is 1. The van der Waals surface area contributed by atoms with E-state index in [0.29, 0.717) is 11.1 Å². The van der Waals surface area contributed by atoms with Crippen LogP contribution < -0.4 is 11.1 Å². The van der Waals surface area contributed by atoms with E-state index in [4.69, 9.17) is 15.7 Å². The first-order valence-electron chi connectivity index (χ1n) is 7.64. The molecular weight excluding hydrogens is 332 g/mol. The van der Waals surface area contributed by atoms with Gasteiger partial charge in [-0.25, -0.2) is 4.79 Å². The van der Waals surface area contributed by atoms with Gasteiger partial charge in [-0.05, 0) is 36.4 Å². The molecule has 0 amide bonds. The molecule has 3 N–H and O–H groups in total. The Kier molecular flexibility index (Phi) is 5.00. The van der Waals surface area contributed by atoms with Crippen LogP contribution in [0.2, 0.25) is 0 Å². The third kappa shape index (κ3) is 4.30. The van der Waals surface area contributed by atoms with E-state index in [1.54, 1.807) is 12.1 Å². The van der Waals surface area contributed by atoms with Crippen molar-refractivity contribution >= 4 is 23.6 Å². The molecule has 0 aliphatic heterocycles. The van der Waals surface area contributed by atoms with Crippen molar-refractivity contribution in [2.75, 3.05) is 11.1 Å². The summed E-state index contributed by atoms with van der Waals surface area (Å²) in [7, 11) is 0. The van der Waals surface area contributed by atoms with Crippen LogP contribution in [0.25, 0.3) is 0 Å². The number of nitrogens with two attached hydrogens (primary N) is 1. The molecule has 0 atom stereocenters. The number of benzene rings is 2. The Morgan fingerprint density at radius 3 is 2.50 bits per heavy atom. The first kappa shape index (κ1) is 16.9. The number of esters is 1. The SMILES string of the molecule is N#Cc1ccc(C(=O)OCc2nc(N)nc(Nc3ccccc3)n2)cc1. The predicted octanol–water partition coefficient (Wildman–Crippen LogP) is 2.43. The van der Waals surface area contributed by atoms with Gasteiger partial charge in [0, 0.05) is 5.69 Å². The number of nitrogens with one attached hydrogen (secondary N) is 1. The predicted molar refractivity (Wildman–Crippen MR) is 94.2 cm³/mol. The summed E-state index contributed by atoms with van der Waals surface area (Å²) in [5.74, 6) is -0.0556. The van der Waals surface area contributed by atoms with Crippen molar-refractivity contribution in [2.45, 2.75) is 6.61 Å². The Labute approximate surface area is 149 Å². The van der Waals surface area contributed by atoms with Crippen LogP contribution in [0.4, 0.5) is 17.6 Å². The summed E-state index contributed by atoms with van der Waals surface area (Å²) < 4.78 is 5.19. The topological polar surface area (TPSA) is 127 Å². The van der Waals surface area contributed by atoms with Gasteiger partial charge in [0.1, 0.15) is 0 Å². The van der Waals surface area contributed by atoms with Crippen LogP contribution in [-0.2, 0) is 11.3 Å². The van der Waals surface area contributed by atoms with Crippen LogP contribution in [-0.4, -0.2) is 20.9 Å². The van der Waals surface area contributed by atoms with E-state index in [1.165, 1.54) is 12.1 Å². The minimum absolute atomic E-state index is 0.0165. The van der Waals surface area contributed by atoms with Gasteiger partial charge in [0.05, 0.1) is 17.2 Å². The highest BCUT2D eigenvalue weighted by Gasteiger charge is 2.10. The van der Waals surface area contributed by atoms with E-state index in [0.717, 1.165) is 5.69 Å². The second kappa shape index (κ2) is 7.72. The van der Waals surface area contributed by atoms with Gasteiger partial charge in [0.15, 0.2) is 12.4 Å². The van der Waals surface area contributed by atoms with E-state index in [1.807, 2.05) is 36.4 Å². The van der Waals surface area contributed by atoms with Crippen molar-refractivity contribution in [3.05, 3.63) is 71.5 Å². The highest BCUT2D eigenvalue weighted by Crippen LogP contribution is 2.13. The van der Waals surface area contributed by atoms with Gasteiger partial charge in [-0.3, -0.25) is 0 Å². The molecule has 1 aromatic heterocycles. The number of rotatable bonds is 5. The molecule has 0 fully saturated rings. The van der Waals surface area contributed by atoms with E-state index >= 15 is 0 Å². The number of hydrogen-bond donors (Lipinski definition) is 2. The Hall–Kier alpha value is -3.99. The van der Waals surface area contributed by atoms with Crippen molar-refractivity contribution in [1.82, 2.24) is 15.0 Å². The minimum atomic E-state index is -0.550. The second-order valence-corrected chi connectivity index (χ2v) is 5.19. The molecule has 0 radical (unpaired) electrons. The smallest absolute Gasteiger partial charge is 0.338 e. The maximum absolute atomic E-state index is 12.1. The number of para-hydroxylation sites is 1. The molecule has 1 heterocycles. The Bertz CT molecular complexity index is 952. The number of ether oxygens (including phenoxy) is 1. The fourth-order valence-electron chi connectivity index (χ4n) is 2.10. The number of aromatic nitrogens is 3. The molecule has 8 nitrogen and oxygen atoms in total. The van der Waals surface area contributed by atoms with Gasteiger partial charge >= 0.3 is 5.97 Å². The van der Waals surface area contributed by atoms with Crippen molar-refractivity contribution in [2.24, 2.45) is 0 Å². The summed E-state index contributed by atoms with van der Waals surface area (Å²) in [6, 6.07) is 17.4. The molecule has 3 rings (SSSR count). The monoisotopic (exact) mass is 346 g/mol. The van der Waals surface area contributed by atoms with E-state index in [2.05, 4.69) is 20.3 Å². The highest BCUT2D eigenvalue weighted by atomic mass is 16.5. The van der Waals surface area contributed by atoms with Gasteiger partial charge in [0.25, 0.3) is 0 Å². The van der Waals surface area contributed by atoms with Gasteiger partial charge in [-0.15, -0.1) is 0 Å². The average molecular weight is 346 g/mol. The summed E-state index contributed by atoms with van der Waals surface area (Å²) in [5.41, 5.74) is 7.27. The summed E-state index contributed by atoms with van der Waals surface area (Å²) >= 11 is 0. The first-order chi connectivity index (χ1) is 12.6. The fraction of sp³-hybridized carbons (Fsp3) is 0.0556. The lowest BCUT2D eigenvalue weighted by molar-refractivity contribution is 0.0462. The fourth-order valence-corrected chi connectivity index (χ4v) is 2.10. The lowest BCUT2D eigenvalue weighted by Crippen LogP contribution is -2.11. The molecule has 8 heteroatoms. The lowest BCUT2D eigenvalue weighted by atomic mass is 10.1. The molecule has 128 valence electrons. The maximum atomic E-state index is 12.1. The lowest BCUT2D eigenvalue weighted by Gasteiger charge is -2.08. The summed E-state index contributed by atoms with van der Waals surface area (Å²) in [6.45, 7) is -0.158. The van der Waals surface area contributed by atoms with Crippen LogP contribution in [0.5, 0.6) is 0 Å². The maximum Gasteiger partial charge on any atom is 0.338 e. The Morgan fingerprint density at radius 1 is 1.08 bits per heavy atom. The van der Waals surface area contributed by atoms with E-state index < -0.39 is 5.97 Å². The number of anilines is 3. The van der Waals surface area contributed by atoms with Crippen molar-refractivity contribution in [1.29, 1.82) is 5.26 Å². The Balaban J connectivity index is 1.67. The average Bonchev–Trinajstić information content (AvgIpc) is 2.66. The largest absolute Gasteiger partial charge is 0.454 e. The minimum Gasteiger partial charge on any atom is -0.454 e. The van der Waals surface area contributed by atoms with E-state index in [-0.39, 0.29) is 24.3 Å². The zero-order valence-corrected chi connectivity index (χ0v) is 13.6. The van der Waals surface area contributed by atoms with Crippen LogP contribution in [0.3, 0.4) is 0 Å². The number of nitrogen functional groups attached to an aromatic ring is 1. The Morgan fingerprint density at radius 2 is 1.81 bits per heavy atom. The first-order valence-corrected chi connectivity index (χ1v) is 7.64. The highest BCUT2D eigenvalue weighted by molar-refractivity contribution is 5.89. The number of nitrogens with zero attached hydrogens (tertiary/aromatic N) is 4. The summed E-state index contributed by atoms with van der Waals surface area (Å²) in [6.07, 6.45) is 0. The molecule has 26 heavy (non-hydrogen) atoms. The summed E-state index contributed by atoms with van der Waals surface area (Å²) in [4.78, 5) is 24.2. The molecule has 0 unspecified atom stereocenters. The van der Waals surface area contributed by atoms with Gasteiger partial charge in [0.2, 0.25) is 11.9 Å². The van der Waals surface area contributed by atoms with Crippen molar-refractivity contribution in [3.63, 3.8) is 0 Å². The molecule has 2 aromatic carbocycles. The van der Waals surface area contributed by atoms with E-state index in [9.17, 15) is 4.79 Å². The van der Waals surface area contributed by atoms with Gasteiger partial charge < -0.3 is 15.8 Å². The number of nitriles is 1. The van der Waals surface area contributed by atoms with Crippen LogP contribution in [0.1, 0.15) is 21.7 Å².